The zero-order chi connectivity index (χ0) is 49.8. The smallest absolute Gasteiger partial charge is 0.412 e. The quantitative estimate of drug-likeness (QED) is 0.0867. The molecule has 0 aliphatic carbocycles. The molecule has 17 nitrogen and oxygen atoms in total. The molecule has 1 aliphatic rings. The van der Waals surface area contributed by atoms with Crippen LogP contribution in [0.3, 0.4) is 0 Å². The number of H-pyrrole nitrogens is 1. The van der Waals surface area contributed by atoms with Gasteiger partial charge in [0.1, 0.15) is 24.6 Å². The van der Waals surface area contributed by atoms with Gasteiger partial charge in [-0.2, -0.15) is 5.10 Å². The predicted octanol–water partition coefficient (Wildman–Crippen LogP) is 6.74. The van der Waals surface area contributed by atoms with Gasteiger partial charge in [-0.1, -0.05) is 84.4 Å². The zero-order valence-electron chi connectivity index (χ0n) is 39.5. The van der Waals surface area contributed by atoms with E-state index in [0.717, 1.165) is 16.7 Å². The Morgan fingerprint density at radius 1 is 0.814 bits per heavy atom. The van der Waals surface area contributed by atoms with E-state index in [2.05, 4.69) is 25.8 Å². The van der Waals surface area contributed by atoms with Crippen LogP contribution in [0, 0.1) is 12.7 Å². The topological polar surface area (TPSA) is 205 Å². The van der Waals surface area contributed by atoms with E-state index in [9.17, 15) is 28.8 Å². The van der Waals surface area contributed by atoms with Crippen molar-refractivity contribution in [3.63, 3.8) is 0 Å². The minimum atomic E-state index is -0.784. The lowest BCUT2D eigenvalue weighted by molar-refractivity contribution is -0.133. The number of benzene rings is 4. The Bertz CT molecular complexity index is 2920. The van der Waals surface area contributed by atoms with Gasteiger partial charge >= 0.3 is 12.2 Å². The number of aromatic nitrogens is 3. The lowest BCUT2D eigenvalue weighted by Crippen LogP contribution is -2.53. The Kier molecular flexibility index (Phi) is 16.3. The highest BCUT2D eigenvalue weighted by Gasteiger charge is 2.29. The first-order chi connectivity index (χ1) is 33.6. The second-order valence-corrected chi connectivity index (χ2v) is 17.7. The van der Waals surface area contributed by atoms with Gasteiger partial charge in [-0.3, -0.25) is 29.4 Å². The molecule has 0 atom stereocenters. The number of piperazine rings is 1. The molecule has 364 valence electrons. The normalized spacial score (nSPS) is 12.6. The van der Waals surface area contributed by atoms with Crippen LogP contribution in [0.15, 0.2) is 114 Å². The first-order valence-electron chi connectivity index (χ1n) is 22.8. The van der Waals surface area contributed by atoms with Crippen LogP contribution in [0.4, 0.5) is 19.7 Å². The molecule has 1 aliphatic heterocycles. The van der Waals surface area contributed by atoms with Crippen LogP contribution in [0.5, 0.6) is 0 Å². The van der Waals surface area contributed by atoms with Crippen LogP contribution in [0.2, 0.25) is 0 Å². The predicted molar refractivity (Wildman–Crippen MR) is 260 cm³/mol. The van der Waals surface area contributed by atoms with E-state index in [4.69, 9.17) is 14.2 Å². The number of carbonyl (C=O) groups excluding carboxylic acids is 5. The zero-order valence-corrected chi connectivity index (χ0v) is 39.5. The summed E-state index contributed by atoms with van der Waals surface area (Å²) in [4.78, 5) is 87.9. The molecule has 0 unspecified atom stereocenters. The fraction of sp³-hybridized carbons (Fsp3) is 0.308. The molecular formula is C52H55FN8O9. The van der Waals surface area contributed by atoms with Crippen molar-refractivity contribution in [2.45, 2.75) is 46.3 Å². The van der Waals surface area contributed by atoms with Crippen molar-refractivity contribution in [2.75, 3.05) is 64.3 Å². The molecule has 18 heteroatoms. The summed E-state index contributed by atoms with van der Waals surface area (Å²) in [6.45, 7) is 7.33. The summed E-state index contributed by atoms with van der Waals surface area (Å²) in [5.74, 6) is -2.18. The number of hydrogen-bond donors (Lipinski definition) is 3. The first-order valence-corrected chi connectivity index (χ1v) is 22.8. The molecule has 3 N–H and O–H groups in total. The van der Waals surface area contributed by atoms with Crippen LogP contribution in [-0.4, -0.2) is 124 Å². The molecule has 3 heterocycles. The average Bonchev–Trinajstić information content (AvgIpc) is 3.34. The maximum Gasteiger partial charge on any atom is 0.412 e. The molecule has 1 saturated heterocycles. The summed E-state index contributed by atoms with van der Waals surface area (Å²) in [6, 6.07) is 29.8. The monoisotopic (exact) mass is 954 g/mol. The van der Waals surface area contributed by atoms with Crippen molar-refractivity contribution in [2.24, 2.45) is 0 Å². The van der Waals surface area contributed by atoms with Gasteiger partial charge < -0.3 is 29.3 Å². The number of halogens is 1. The van der Waals surface area contributed by atoms with Gasteiger partial charge in [0.25, 0.3) is 17.4 Å². The van der Waals surface area contributed by atoms with Crippen molar-refractivity contribution in [3.05, 3.63) is 159 Å². The summed E-state index contributed by atoms with van der Waals surface area (Å²) in [5.41, 5.74) is 3.38. The van der Waals surface area contributed by atoms with E-state index in [-0.39, 0.29) is 100 Å². The molecule has 70 heavy (non-hydrogen) atoms. The van der Waals surface area contributed by atoms with Crippen molar-refractivity contribution in [1.29, 1.82) is 0 Å². The van der Waals surface area contributed by atoms with Crippen LogP contribution >= 0.6 is 0 Å². The van der Waals surface area contributed by atoms with Gasteiger partial charge in [-0.05, 0) is 68.7 Å². The van der Waals surface area contributed by atoms with Crippen molar-refractivity contribution in [1.82, 2.24) is 35.2 Å². The van der Waals surface area contributed by atoms with Gasteiger partial charge in [0.05, 0.1) is 35.5 Å². The Labute approximate surface area is 403 Å². The number of hydrogen-bond acceptors (Lipinski definition) is 11. The second kappa shape index (κ2) is 22.9. The lowest BCUT2D eigenvalue weighted by atomic mass is 10.0. The van der Waals surface area contributed by atoms with E-state index >= 15 is 4.39 Å². The summed E-state index contributed by atoms with van der Waals surface area (Å²) >= 11 is 0. The van der Waals surface area contributed by atoms with E-state index in [1.165, 1.54) is 26.8 Å². The fourth-order valence-electron chi connectivity index (χ4n) is 7.72. The van der Waals surface area contributed by atoms with Crippen molar-refractivity contribution in [3.8, 4) is 11.1 Å². The Morgan fingerprint density at radius 3 is 2.29 bits per heavy atom. The van der Waals surface area contributed by atoms with Gasteiger partial charge in [-0.15, -0.1) is 0 Å². The molecule has 1 fully saturated rings. The van der Waals surface area contributed by atoms with E-state index < -0.39 is 35.4 Å². The number of anilines is 1. The number of aryl methyl sites for hydroxylation is 1. The highest BCUT2D eigenvalue weighted by Crippen LogP contribution is 2.26. The molecule has 2 aromatic heterocycles. The number of aromatic amines is 1. The van der Waals surface area contributed by atoms with Gasteiger partial charge in [0, 0.05) is 62.8 Å². The summed E-state index contributed by atoms with van der Waals surface area (Å²) in [6.07, 6.45) is 0.297. The van der Waals surface area contributed by atoms with Gasteiger partial charge in [0.2, 0.25) is 5.91 Å². The number of ether oxygens (including phenoxy) is 3. The average molecular weight is 955 g/mol. The Balaban J connectivity index is 0.930. The molecule has 0 saturated carbocycles. The highest BCUT2D eigenvalue weighted by atomic mass is 19.1. The lowest BCUT2D eigenvalue weighted by Gasteiger charge is -2.36. The Hall–Kier alpha value is -7.99. The molecule has 0 bridgehead atoms. The van der Waals surface area contributed by atoms with Crippen LogP contribution in [-0.2, 0) is 32.0 Å². The van der Waals surface area contributed by atoms with Gasteiger partial charge in [0.15, 0.2) is 5.69 Å². The fourth-order valence-corrected chi connectivity index (χ4v) is 7.72. The van der Waals surface area contributed by atoms with E-state index in [1.54, 1.807) is 75.5 Å². The highest BCUT2D eigenvalue weighted by molar-refractivity contribution is 6.02. The Morgan fingerprint density at radius 2 is 1.54 bits per heavy atom. The molecule has 0 radical (unpaired) electrons. The molecular weight excluding hydrogens is 900 g/mol. The summed E-state index contributed by atoms with van der Waals surface area (Å²) < 4.78 is 32.0. The van der Waals surface area contributed by atoms with Gasteiger partial charge in [-0.25, -0.2) is 24.1 Å². The largest absolute Gasteiger partial charge is 0.445 e. The minimum absolute atomic E-state index is 0.0140. The number of nitrogens with one attached hydrogen (secondary N) is 3. The first kappa shape index (κ1) is 49.9. The van der Waals surface area contributed by atoms with Crippen LogP contribution in [0.25, 0.3) is 21.9 Å². The molecule has 6 aromatic rings. The third-order valence-electron chi connectivity index (χ3n) is 11.2. The third-order valence-corrected chi connectivity index (χ3v) is 11.2. The number of fused-ring (bicyclic) bond motifs is 1. The molecule has 7 rings (SSSR count). The maximum absolute atomic E-state index is 15.2. The maximum atomic E-state index is 15.2. The standard InChI is InChI=1S/C52H55FN8O9/c1-34-11-10-14-37(27-34)38-30-44(56-50(66)70-52(2,3)4)46(55-31-38)48(64)54-19-25-68-26-24-61(51(67)69-33-35-12-6-5-7-13-35)32-45(62)59-20-22-60(23-21-59)49(65)41-28-36(17-18-42(41)53)29-43-39-15-8-9-16-40(39)47(63)58-57-43/h5-18,27-28,30-31H,19-26,29,32-33H2,1-4H3,(H,54,64)(H,56,66)(H,58,63). The molecule has 0 spiro atoms. The van der Waals surface area contributed by atoms with Crippen LogP contribution in [0.1, 0.15) is 64.0 Å². The summed E-state index contributed by atoms with van der Waals surface area (Å²) in [7, 11) is 0. The molecule has 5 amide bonds. The van der Waals surface area contributed by atoms with Crippen molar-refractivity contribution < 1.29 is 42.6 Å². The van der Waals surface area contributed by atoms with Crippen molar-refractivity contribution >= 4 is 46.4 Å². The number of carbonyl (C=O) groups is 5. The number of nitrogens with zero attached hydrogens (tertiary/aromatic N) is 5. The minimum Gasteiger partial charge on any atom is -0.445 e. The number of amides is 5. The second-order valence-electron chi connectivity index (χ2n) is 17.7. The van der Waals surface area contributed by atoms with E-state index in [1.807, 2.05) is 49.4 Å². The number of rotatable bonds is 16. The third kappa shape index (κ3) is 13.4. The molecule has 4 aromatic carbocycles. The SMILES string of the molecule is Cc1cccc(-c2cnc(C(=O)NCCOCCN(CC(=O)N3CCN(C(=O)c4cc(Cc5n[nH]c(=O)c6ccccc56)ccc4F)CC3)C(=O)OCc3ccccc3)c(NC(=O)OC(C)(C)C)c2)c1. The number of pyridine rings is 1. The van der Waals surface area contributed by atoms with E-state index in [0.29, 0.717) is 27.6 Å². The van der Waals surface area contributed by atoms with Crippen LogP contribution < -0.4 is 16.2 Å². The summed E-state index contributed by atoms with van der Waals surface area (Å²) in [5, 5.41) is 13.2.